The number of hydrogen-bond acceptors (Lipinski definition) is 6. The molecular formula is C17H11F3N4O3. The first-order valence-electron chi connectivity index (χ1n) is 7.64. The third-order valence-electron chi connectivity index (χ3n) is 3.66. The first-order valence-corrected chi connectivity index (χ1v) is 7.64. The summed E-state index contributed by atoms with van der Waals surface area (Å²) in [6, 6.07) is 8.05. The van der Waals surface area contributed by atoms with E-state index in [0.717, 1.165) is 6.26 Å². The number of benzene rings is 1. The summed E-state index contributed by atoms with van der Waals surface area (Å²) in [5.74, 6) is 0.920. The molecule has 0 amide bonds. The van der Waals surface area contributed by atoms with Crippen molar-refractivity contribution in [3.8, 4) is 29.0 Å². The van der Waals surface area contributed by atoms with Crippen LogP contribution in [-0.2, 0) is 6.18 Å². The minimum absolute atomic E-state index is 0.0775. The van der Waals surface area contributed by atoms with Gasteiger partial charge < -0.3 is 13.9 Å². The van der Waals surface area contributed by atoms with Crippen molar-refractivity contribution < 1.29 is 27.1 Å². The van der Waals surface area contributed by atoms with E-state index in [2.05, 4.69) is 15.0 Å². The lowest BCUT2D eigenvalue weighted by Gasteiger charge is -2.05. The molecule has 3 heterocycles. The van der Waals surface area contributed by atoms with Crippen LogP contribution in [0.15, 0.2) is 53.4 Å². The number of nitrogens with zero attached hydrogens (tertiary/aromatic N) is 4. The standard InChI is InChI=1S/C17H11F3N4O3/c1-25-10-3-5-11(6-4-10)27-16-22-12(9-26-16)13-14(17(18,19)20)23-15-21-7-2-8-24(13)15/h2-9H,1H3. The first-order chi connectivity index (χ1) is 13.0. The smallest absolute Gasteiger partial charge is 0.435 e. The van der Waals surface area contributed by atoms with Gasteiger partial charge in [-0.05, 0) is 30.3 Å². The molecule has 27 heavy (non-hydrogen) atoms. The highest BCUT2D eigenvalue weighted by Crippen LogP contribution is 2.37. The summed E-state index contributed by atoms with van der Waals surface area (Å²) in [4.78, 5) is 11.4. The molecule has 4 aromatic rings. The van der Waals surface area contributed by atoms with E-state index in [1.165, 1.54) is 30.0 Å². The molecule has 0 aliphatic rings. The fourth-order valence-corrected chi connectivity index (χ4v) is 2.49. The molecule has 1 aromatic carbocycles. The number of fused-ring (bicyclic) bond motifs is 1. The molecule has 0 aliphatic heterocycles. The first kappa shape index (κ1) is 16.9. The molecule has 0 bridgehead atoms. The van der Waals surface area contributed by atoms with E-state index >= 15 is 0 Å². The van der Waals surface area contributed by atoms with Gasteiger partial charge in [-0.2, -0.15) is 18.2 Å². The van der Waals surface area contributed by atoms with E-state index in [1.54, 1.807) is 24.3 Å². The molecule has 0 N–H and O–H groups in total. The highest BCUT2D eigenvalue weighted by atomic mass is 19.4. The van der Waals surface area contributed by atoms with E-state index < -0.39 is 11.9 Å². The summed E-state index contributed by atoms with van der Waals surface area (Å²) >= 11 is 0. The molecule has 7 nitrogen and oxygen atoms in total. The van der Waals surface area contributed by atoms with Crippen LogP contribution in [0.1, 0.15) is 5.69 Å². The molecule has 10 heteroatoms. The van der Waals surface area contributed by atoms with Crippen molar-refractivity contribution in [3.05, 3.63) is 54.7 Å². The van der Waals surface area contributed by atoms with E-state index in [9.17, 15) is 13.2 Å². The van der Waals surface area contributed by atoms with Crippen LogP contribution in [0.2, 0.25) is 0 Å². The van der Waals surface area contributed by atoms with Crippen molar-refractivity contribution in [2.75, 3.05) is 7.11 Å². The van der Waals surface area contributed by atoms with Crippen LogP contribution in [-0.4, -0.2) is 26.5 Å². The number of hydrogen-bond donors (Lipinski definition) is 0. The van der Waals surface area contributed by atoms with Gasteiger partial charge in [-0.15, -0.1) is 0 Å². The number of alkyl halides is 3. The zero-order valence-electron chi connectivity index (χ0n) is 13.8. The second-order valence-corrected chi connectivity index (χ2v) is 5.37. The van der Waals surface area contributed by atoms with Crippen LogP contribution in [0.4, 0.5) is 13.2 Å². The molecule has 0 saturated carbocycles. The maximum absolute atomic E-state index is 13.4. The minimum atomic E-state index is -4.68. The Bertz CT molecular complexity index is 1090. The average Bonchev–Trinajstić information content (AvgIpc) is 3.26. The van der Waals surface area contributed by atoms with Gasteiger partial charge in [0.25, 0.3) is 0 Å². The van der Waals surface area contributed by atoms with Gasteiger partial charge in [0.15, 0.2) is 5.69 Å². The molecule has 0 atom stereocenters. The average molecular weight is 376 g/mol. The van der Waals surface area contributed by atoms with E-state index in [0.29, 0.717) is 11.5 Å². The Morgan fingerprint density at radius 1 is 1.07 bits per heavy atom. The molecule has 3 aromatic heterocycles. The molecule has 0 radical (unpaired) electrons. The monoisotopic (exact) mass is 376 g/mol. The third-order valence-corrected chi connectivity index (χ3v) is 3.66. The van der Waals surface area contributed by atoms with Gasteiger partial charge >= 0.3 is 12.3 Å². The Hall–Kier alpha value is -3.56. The molecule has 0 saturated heterocycles. The van der Waals surface area contributed by atoms with E-state index in [4.69, 9.17) is 13.9 Å². The third kappa shape index (κ3) is 3.16. The van der Waals surface area contributed by atoms with Crippen molar-refractivity contribution in [2.24, 2.45) is 0 Å². The lowest BCUT2D eigenvalue weighted by molar-refractivity contribution is -0.140. The zero-order chi connectivity index (χ0) is 19.0. The Balaban J connectivity index is 1.72. The normalized spacial score (nSPS) is 11.7. The predicted octanol–water partition coefficient (Wildman–Crippen LogP) is 4.20. The van der Waals surface area contributed by atoms with Crippen LogP contribution in [0.25, 0.3) is 17.2 Å². The highest BCUT2D eigenvalue weighted by molar-refractivity contribution is 5.62. The summed E-state index contributed by atoms with van der Waals surface area (Å²) in [5, 5.41) is 0. The summed E-state index contributed by atoms with van der Waals surface area (Å²) in [6.45, 7) is 0. The number of halogens is 3. The van der Waals surface area contributed by atoms with Gasteiger partial charge in [-0.1, -0.05) is 0 Å². The van der Waals surface area contributed by atoms with Crippen molar-refractivity contribution >= 4 is 5.78 Å². The van der Waals surface area contributed by atoms with Gasteiger partial charge in [0, 0.05) is 12.4 Å². The predicted molar refractivity (Wildman–Crippen MR) is 86.6 cm³/mol. The molecule has 0 unspecified atom stereocenters. The molecule has 0 aliphatic carbocycles. The van der Waals surface area contributed by atoms with Crippen molar-refractivity contribution in [3.63, 3.8) is 0 Å². The SMILES string of the molecule is COc1ccc(Oc2nc(-c3c(C(F)(F)F)nc4ncccn34)co2)cc1. The van der Waals surface area contributed by atoms with Crippen molar-refractivity contribution in [1.82, 2.24) is 19.4 Å². The largest absolute Gasteiger partial charge is 0.497 e. The van der Waals surface area contributed by atoms with Crippen LogP contribution in [0, 0.1) is 0 Å². The van der Waals surface area contributed by atoms with Crippen molar-refractivity contribution in [1.29, 1.82) is 0 Å². The fourth-order valence-electron chi connectivity index (χ4n) is 2.49. The Kier molecular flexibility index (Phi) is 3.94. The van der Waals surface area contributed by atoms with Crippen molar-refractivity contribution in [2.45, 2.75) is 6.18 Å². The lowest BCUT2D eigenvalue weighted by atomic mass is 10.2. The number of aromatic nitrogens is 4. The van der Waals surface area contributed by atoms with Crippen LogP contribution in [0.3, 0.4) is 0 Å². The maximum atomic E-state index is 13.4. The number of ether oxygens (including phenoxy) is 2. The number of oxazole rings is 1. The Labute approximate surface area is 150 Å². The van der Waals surface area contributed by atoms with E-state index in [-0.39, 0.29) is 23.2 Å². The number of imidazole rings is 1. The number of rotatable bonds is 4. The molecular weight excluding hydrogens is 365 g/mol. The summed E-state index contributed by atoms with van der Waals surface area (Å²) < 4.78 is 57.0. The van der Waals surface area contributed by atoms with Crippen LogP contribution >= 0.6 is 0 Å². The van der Waals surface area contributed by atoms with Crippen LogP contribution < -0.4 is 9.47 Å². The number of methoxy groups -OCH3 is 1. The lowest BCUT2D eigenvalue weighted by Crippen LogP contribution is -2.07. The minimum Gasteiger partial charge on any atom is -0.497 e. The zero-order valence-corrected chi connectivity index (χ0v) is 13.8. The van der Waals surface area contributed by atoms with Gasteiger partial charge in [-0.25, -0.2) is 9.97 Å². The highest BCUT2D eigenvalue weighted by Gasteiger charge is 2.39. The molecule has 138 valence electrons. The van der Waals surface area contributed by atoms with Gasteiger partial charge in [0.2, 0.25) is 5.78 Å². The van der Waals surface area contributed by atoms with Gasteiger partial charge in [0.1, 0.15) is 29.2 Å². The summed E-state index contributed by atoms with van der Waals surface area (Å²) in [7, 11) is 1.53. The van der Waals surface area contributed by atoms with E-state index in [1.807, 2.05) is 0 Å². The van der Waals surface area contributed by atoms with Gasteiger partial charge in [0.05, 0.1) is 7.11 Å². The Morgan fingerprint density at radius 3 is 2.52 bits per heavy atom. The second kappa shape index (κ2) is 6.31. The van der Waals surface area contributed by atoms with Gasteiger partial charge in [-0.3, -0.25) is 4.40 Å². The summed E-state index contributed by atoms with van der Waals surface area (Å²) in [6.07, 6.45) is -1.04. The molecule has 0 spiro atoms. The summed E-state index contributed by atoms with van der Waals surface area (Å²) in [5.41, 5.74) is -1.46. The maximum Gasteiger partial charge on any atom is 0.435 e. The molecule has 4 rings (SSSR count). The second-order valence-electron chi connectivity index (χ2n) is 5.37. The van der Waals surface area contributed by atoms with Crippen LogP contribution in [0.5, 0.6) is 17.6 Å². The quantitative estimate of drug-likeness (QED) is 0.531. The Morgan fingerprint density at radius 2 is 1.81 bits per heavy atom. The molecule has 0 fully saturated rings. The topological polar surface area (TPSA) is 74.7 Å². The fraction of sp³-hybridized carbons (Fsp3) is 0.118.